The molecule has 2 N–H and O–H groups in total. The highest BCUT2D eigenvalue weighted by Gasteiger charge is 2.01. The van der Waals surface area contributed by atoms with Crippen molar-refractivity contribution in [2.45, 2.75) is 19.9 Å². The topological polar surface area (TPSA) is 29.3 Å². The van der Waals surface area contributed by atoms with Crippen LogP contribution in [0.2, 0.25) is 0 Å². The molecule has 2 heteroatoms. The summed E-state index contributed by atoms with van der Waals surface area (Å²) < 4.78 is 0. The summed E-state index contributed by atoms with van der Waals surface area (Å²) >= 11 is 0. The summed E-state index contributed by atoms with van der Waals surface area (Å²) in [6.07, 6.45) is 6.26. The molecule has 0 aliphatic rings. The lowest BCUT2D eigenvalue weighted by molar-refractivity contribution is 0.316. The molecule has 0 amide bonds. The third-order valence-electron chi connectivity index (χ3n) is 2.62. The zero-order valence-corrected chi connectivity index (χ0v) is 9.95. The fourth-order valence-electron chi connectivity index (χ4n) is 1.64. The second-order valence-corrected chi connectivity index (χ2v) is 3.86. The first kappa shape index (κ1) is 12.8. The summed E-state index contributed by atoms with van der Waals surface area (Å²) in [4.78, 5) is 2.23. The van der Waals surface area contributed by atoms with Crippen molar-refractivity contribution in [1.29, 1.82) is 0 Å². The van der Waals surface area contributed by atoms with Gasteiger partial charge in [0.2, 0.25) is 0 Å². The standard InChI is InChI=1S/C14H20N2/c1-3-11-16(4-2)12-14-7-5-13(6-8-14)9-10-15/h1,5-8H,4,9-12,15H2,2H3. The Morgan fingerprint density at radius 3 is 2.38 bits per heavy atom. The van der Waals surface area contributed by atoms with Crippen LogP contribution in [-0.4, -0.2) is 24.5 Å². The van der Waals surface area contributed by atoms with E-state index < -0.39 is 0 Å². The second kappa shape index (κ2) is 7.05. The molecule has 2 nitrogen and oxygen atoms in total. The van der Waals surface area contributed by atoms with Crippen LogP contribution in [0.4, 0.5) is 0 Å². The van der Waals surface area contributed by atoms with E-state index in [1.165, 1.54) is 11.1 Å². The van der Waals surface area contributed by atoms with Gasteiger partial charge in [-0.25, -0.2) is 0 Å². The highest BCUT2D eigenvalue weighted by atomic mass is 15.1. The van der Waals surface area contributed by atoms with Crippen molar-refractivity contribution in [3.8, 4) is 12.3 Å². The third kappa shape index (κ3) is 4.06. The molecule has 0 atom stereocenters. The van der Waals surface area contributed by atoms with Gasteiger partial charge in [-0.2, -0.15) is 0 Å². The lowest BCUT2D eigenvalue weighted by atomic mass is 10.1. The summed E-state index contributed by atoms with van der Waals surface area (Å²) in [6.45, 7) is 5.44. The number of nitrogens with two attached hydrogens (primary N) is 1. The molecule has 0 fully saturated rings. The minimum Gasteiger partial charge on any atom is -0.330 e. The normalized spacial score (nSPS) is 10.4. The summed E-state index contributed by atoms with van der Waals surface area (Å²) in [5.74, 6) is 2.68. The van der Waals surface area contributed by atoms with Crippen molar-refractivity contribution in [3.05, 3.63) is 35.4 Å². The zero-order valence-electron chi connectivity index (χ0n) is 9.95. The zero-order chi connectivity index (χ0) is 11.8. The van der Waals surface area contributed by atoms with Crippen molar-refractivity contribution in [1.82, 2.24) is 4.90 Å². The van der Waals surface area contributed by atoms with Gasteiger partial charge in [-0.15, -0.1) is 6.42 Å². The van der Waals surface area contributed by atoms with Crippen LogP contribution in [0.15, 0.2) is 24.3 Å². The van der Waals surface area contributed by atoms with Crippen LogP contribution < -0.4 is 5.73 Å². The maximum atomic E-state index is 5.51. The molecule has 0 aromatic heterocycles. The monoisotopic (exact) mass is 216 g/mol. The van der Waals surface area contributed by atoms with E-state index in [0.29, 0.717) is 13.1 Å². The van der Waals surface area contributed by atoms with Crippen molar-refractivity contribution >= 4 is 0 Å². The van der Waals surface area contributed by atoms with Crippen molar-refractivity contribution in [2.75, 3.05) is 19.6 Å². The average molecular weight is 216 g/mol. The van der Waals surface area contributed by atoms with Crippen LogP contribution >= 0.6 is 0 Å². The highest BCUT2D eigenvalue weighted by Crippen LogP contribution is 2.07. The minimum atomic E-state index is 0.706. The first-order valence-electron chi connectivity index (χ1n) is 5.73. The summed E-state index contributed by atoms with van der Waals surface area (Å²) in [6, 6.07) is 8.60. The maximum absolute atomic E-state index is 5.51. The van der Waals surface area contributed by atoms with Crippen LogP contribution in [0.25, 0.3) is 0 Å². The van der Waals surface area contributed by atoms with Crippen LogP contribution in [0, 0.1) is 12.3 Å². The third-order valence-corrected chi connectivity index (χ3v) is 2.62. The van der Waals surface area contributed by atoms with Crippen LogP contribution in [0.3, 0.4) is 0 Å². The lowest BCUT2D eigenvalue weighted by Gasteiger charge is -2.17. The molecule has 16 heavy (non-hydrogen) atoms. The maximum Gasteiger partial charge on any atom is 0.0601 e. The predicted octanol–water partition coefficient (Wildman–Crippen LogP) is 1.64. The Morgan fingerprint density at radius 2 is 1.88 bits per heavy atom. The molecular formula is C14H20N2. The Balaban J connectivity index is 2.57. The SMILES string of the molecule is C#CCN(CC)Cc1ccc(CCN)cc1. The fraction of sp³-hybridized carbons (Fsp3) is 0.429. The van der Waals surface area contributed by atoms with Gasteiger partial charge in [0.1, 0.15) is 0 Å². The average Bonchev–Trinajstić information content (AvgIpc) is 2.31. The van der Waals surface area contributed by atoms with Crippen LogP contribution in [0.5, 0.6) is 0 Å². The smallest absolute Gasteiger partial charge is 0.0601 e. The van der Waals surface area contributed by atoms with E-state index in [9.17, 15) is 0 Å². The van der Waals surface area contributed by atoms with Gasteiger partial charge < -0.3 is 5.73 Å². The van der Waals surface area contributed by atoms with Crippen molar-refractivity contribution < 1.29 is 0 Å². The molecule has 1 aromatic carbocycles. The molecule has 0 aliphatic carbocycles. The van der Waals surface area contributed by atoms with E-state index in [1.54, 1.807) is 0 Å². The van der Waals surface area contributed by atoms with Gasteiger partial charge >= 0.3 is 0 Å². The van der Waals surface area contributed by atoms with Gasteiger partial charge in [-0.3, -0.25) is 4.90 Å². The fourth-order valence-corrected chi connectivity index (χ4v) is 1.64. The molecule has 0 bridgehead atoms. The summed E-state index contributed by atoms with van der Waals surface area (Å²) in [5.41, 5.74) is 8.11. The number of nitrogens with zero attached hydrogens (tertiary/aromatic N) is 1. The van der Waals surface area contributed by atoms with Crippen molar-refractivity contribution in [2.24, 2.45) is 5.73 Å². The van der Waals surface area contributed by atoms with E-state index in [-0.39, 0.29) is 0 Å². The second-order valence-electron chi connectivity index (χ2n) is 3.86. The Bertz CT molecular complexity index is 335. The van der Waals surface area contributed by atoms with Gasteiger partial charge in [0.15, 0.2) is 0 Å². The molecule has 0 radical (unpaired) electrons. The van der Waals surface area contributed by atoms with E-state index in [4.69, 9.17) is 12.2 Å². The Labute approximate surface area is 98.4 Å². The lowest BCUT2D eigenvalue weighted by Crippen LogP contribution is -2.22. The number of rotatable bonds is 6. The van der Waals surface area contributed by atoms with E-state index in [0.717, 1.165) is 19.5 Å². The van der Waals surface area contributed by atoms with Gasteiger partial charge in [0.25, 0.3) is 0 Å². The molecule has 0 aliphatic heterocycles. The first-order chi connectivity index (χ1) is 7.80. The Kier molecular flexibility index (Phi) is 5.63. The largest absolute Gasteiger partial charge is 0.330 e. The molecular weight excluding hydrogens is 196 g/mol. The van der Waals surface area contributed by atoms with E-state index in [1.807, 2.05) is 0 Å². The Morgan fingerprint density at radius 1 is 1.25 bits per heavy atom. The predicted molar refractivity (Wildman–Crippen MR) is 69.0 cm³/mol. The van der Waals surface area contributed by atoms with Gasteiger partial charge in [0, 0.05) is 6.54 Å². The molecule has 0 saturated carbocycles. The highest BCUT2D eigenvalue weighted by molar-refractivity contribution is 5.22. The van der Waals surface area contributed by atoms with E-state index >= 15 is 0 Å². The number of benzene rings is 1. The molecule has 86 valence electrons. The first-order valence-corrected chi connectivity index (χ1v) is 5.73. The molecule has 0 unspecified atom stereocenters. The van der Waals surface area contributed by atoms with Crippen molar-refractivity contribution in [3.63, 3.8) is 0 Å². The summed E-state index contributed by atoms with van der Waals surface area (Å²) in [7, 11) is 0. The molecule has 1 aromatic rings. The molecule has 1 rings (SSSR count). The number of terminal acetylenes is 1. The molecule has 0 spiro atoms. The Hall–Kier alpha value is -1.30. The van der Waals surface area contributed by atoms with E-state index in [2.05, 4.69) is 42.0 Å². The van der Waals surface area contributed by atoms with Gasteiger partial charge in [-0.1, -0.05) is 37.1 Å². The van der Waals surface area contributed by atoms with Gasteiger partial charge in [-0.05, 0) is 30.6 Å². The molecule has 0 saturated heterocycles. The van der Waals surface area contributed by atoms with Gasteiger partial charge in [0.05, 0.1) is 6.54 Å². The minimum absolute atomic E-state index is 0.706. The summed E-state index contributed by atoms with van der Waals surface area (Å²) in [5, 5.41) is 0. The quantitative estimate of drug-likeness (QED) is 0.733. The number of hydrogen-bond donors (Lipinski definition) is 1. The van der Waals surface area contributed by atoms with Crippen LogP contribution in [-0.2, 0) is 13.0 Å². The molecule has 0 heterocycles. The van der Waals surface area contributed by atoms with Crippen LogP contribution in [0.1, 0.15) is 18.1 Å². The number of hydrogen-bond acceptors (Lipinski definition) is 2.